The Morgan fingerprint density at radius 2 is 1.69 bits per heavy atom. The molecule has 0 saturated carbocycles. The molecule has 3 rings (SSSR count). The van der Waals surface area contributed by atoms with Crippen LogP contribution in [-0.4, -0.2) is 29.8 Å². The van der Waals surface area contributed by atoms with Gasteiger partial charge in [0.25, 0.3) is 0 Å². The number of alkyl carbamates (subject to hydrolysis) is 1. The van der Waals surface area contributed by atoms with Crippen molar-refractivity contribution in [3.63, 3.8) is 0 Å². The van der Waals surface area contributed by atoms with E-state index in [9.17, 15) is 9.59 Å². The van der Waals surface area contributed by atoms with E-state index in [1.165, 1.54) is 0 Å². The predicted molar refractivity (Wildman–Crippen MR) is 97.7 cm³/mol. The number of ether oxygens (including phenoxy) is 1. The molecule has 0 radical (unpaired) electrons. The quantitative estimate of drug-likeness (QED) is 0.812. The van der Waals surface area contributed by atoms with E-state index >= 15 is 0 Å². The lowest BCUT2D eigenvalue weighted by atomic mass is 9.98. The van der Waals surface area contributed by atoms with E-state index in [-0.39, 0.29) is 18.9 Å². The van der Waals surface area contributed by atoms with Gasteiger partial charge in [-0.25, -0.2) is 9.59 Å². The summed E-state index contributed by atoms with van der Waals surface area (Å²) >= 11 is 0. The largest absolute Gasteiger partial charge is 0.480 e. The summed E-state index contributed by atoms with van der Waals surface area (Å²) in [6, 6.07) is 15.0. The zero-order valence-electron chi connectivity index (χ0n) is 14.4. The third-order valence-corrected chi connectivity index (χ3v) is 4.42. The van der Waals surface area contributed by atoms with Crippen molar-refractivity contribution in [1.82, 2.24) is 5.32 Å². The minimum atomic E-state index is -1.14. The summed E-state index contributed by atoms with van der Waals surface area (Å²) in [5, 5.41) is 11.5. The molecular formula is C21H19NO4. The number of hydrogen-bond acceptors (Lipinski definition) is 3. The molecule has 132 valence electrons. The number of hydrogen-bond donors (Lipinski definition) is 2. The van der Waals surface area contributed by atoms with Crippen LogP contribution in [0, 0.1) is 11.8 Å². The van der Waals surface area contributed by atoms with E-state index in [0.717, 1.165) is 22.3 Å². The number of aliphatic carboxylic acids is 1. The molecule has 1 aliphatic carbocycles. The molecule has 0 fully saturated rings. The van der Waals surface area contributed by atoms with E-state index in [4.69, 9.17) is 9.84 Å². The molecule has 26 heavy (non-hydrogen) atoms. The average molecular weight is 349 g/mol. The Morgan fingerprint density at radius 3 is 2.23 bits per heavy atom. The third-order valence-electron chi connectivity index (χ3n) is 4.42. The highest BCUT2D eigenvalue weighted by atomic mass is 16.5. The molecule has 0 heterocycles. The van der Waals surface area contributed by atoms with Gasteiger partial charge in [-0.15, -0.1) is 11.8 Å². The molecule has 2 aromatic rings. The summed E-state index contributed by atoms with van der Waals surface area (Å²) in [5.74, 6) is 4.08. The molecule has 1 amide bonds. The summed E-state index contributed by atoms with van der Waals surface area (Å²) in [7, 11) is 0. The number of nitrogens with one attached hydrogen (secondary N) is 1. The molecule has 5 heteroatoms. The number of carboxylic acid groups (broad SMARTS) is 1. The van der Waals surface area contributed by atoms with Crippen LogP contribution in [0.3, 0.4) is 0 Å². The van der Waals surface area contributed by atoms with Crippen molar-refractivity contribution >= 4 is 12.1 Å². The summed E-state index contributed by atoms with van der Waals surface area (Å²) in [6.07, 6.45) is -0.715. The fourth-order valence-corrected chi connectivity index (χ4v) is 3.19. The second-order valence-corrected chi connectivity index (χ2v) is 5.99. The standard InChI is InChI=1S/C21H19NO4/c1-2-3-12-19(20(23)24)22-21(25)26-13-18-16-10-6-4-8-14(16)15-9-5-7-11-17(15)18/h4-11,18-19H,12-13H2,1H3,(H,22,25)(H,23,24). The molecule has 0 aromatic heterocycles. The van der Waals surface area contributed by atoms with Gasteiger partial charge in [0.1, 0.15) is 12.6 Å². The van der Waals surface area contributed by atoms with Gasteiger partial charge >= 0.3 is 12.1 Å². The van der Waals surface area contributed by atoms with Crippen LogP contribution in [0.2, 0.25) is 0 Å². The van der Waals surface area contributed by atoms with Crippen molar-refractivity contribution < 1.29 is 19.4 Å². The number of amides is 1. The second-order valence-electron chi connectivity index (χ2n) is 5.99. The molecule has 5 nitrogen and oxygen atoms in total. The lowest BCUT2D eigenvalue weighted by Gasteiger charge is -2.16. The topological polar surface area (TPSA) is 75.6 Å². The van der Waals surface area contributed by atoms with Crippen LogP contribution in [0.1, 0.15) is 30.4 Å². The fourth-order valence-electron chi connectivity index (χ4n) is 3.19. The molecule has 0 aliphatic heterocycles. The smallest absolute Gasteiger partial charge is 0.407 e. The van der Waals surface area contributed by atoms with Crippen LogP contribution in [0.4, 0.5) is 4.79 Å². The fraction of sp³-hybridized carbons (Fsp3) is 0.238. The van der Waals surface area contributed by atoms with Crippen LogP contribution in [0.5, 0.6) is 0 Å². The van der Waals surface area contributed by atoms with Gasteiger partial charge < -0.3 is 15.2 Å². The van der Waals surface area contributed by atoms with Gasteiger partial charge in [-0.1, -0.05) is 48.5 Å². The maximum atomic E-state index is 12.1. The first-order valence-corrected chi connectivity index (χ1v) is 8.35. The number of benzene rings is 2. The highest BCUT2D eigenvalue weighted by molar-refractivity contribution is 5.81. The first kappa shape index (κ1) is 17.6. The van der Waals surface area contributed by atoms with Crippen LogP contribution in [0.15, 0.2) is 48.5 Å². The number of rotatable bonds is 5. The Bertz CT molecular complexity index is 849. The SMILES string of the molecule is CC#CCC(NC(=O)OCC1c2ccccc2-c2ccccc21)C(=O)O. The number of fused-ring (bicyclic) bond motifs is 3. The number of carbonyl (C=O) groups is 2. The van der Waals surface area contributed by atoms with Crippen molar-refractivity contribution in [2.45, 2.75) is 25.3 Å². The van der Waals surface area contributed by atoms with Crippen LogP contribution in [0.25, 0.3) is 11.1 Å². The van der Waals surface area contributed by atoms with Gasteiger partial charge in [-0.3, -0.25) is 0 Å². The maximum absolute atomic E-state index is 12.1. The van der Waals surface area contributed by atoms with Crippen molar-refractivity contribution in [3.8, 4) is 23.0 Å². The first-order chi connectivity index (χ1) is 12.6. The van der Waals surface area contributed by atoms with Crippen molar-refractivity contribution in [2.75, 3.05) is 6.61 Å². The highest BCUT2D eigenvalue weighted by Crippen LogP contribution is 2.44. The molecule has 0 saturated heterocycles. The minimum absolute atomic E-state index is 0.0377. The molecule has 2 aromatic carbocycles. The van der Waals surface area contributed by atoms with Crippen LogP contribution < -0.4 is 5.32 Å². The van der Waals surface area contributed by atoms with Crippen LogP contribution >= 0.6 is 0 Å². The zero-order valence-corrected chi connectivity index (χ0v) is 14.4. The Balaban J connectivity index is 1.70. The molecule has 1 aliphatic rings. The van der Waals surface area contributed by atoms with Gasteiger partial charge in [0, 0.05) is 12.3 Å². The van der Waals surface area contributed by atoms with Crippen molar-refractivity contribution in [1.29, 1.82) is 0 Å². The van der Waals surface area contributed by atoms with Crippen LogP contribution in [-0.2, 0) is 9.53 Å². The Morgan fingerprint density at radius 1 is 1.12 bits per heavy atom. The second kappa shape index (κ2) is 7.75. The molecule has 2 N–H and O–H groups in total. The summed E-state index contributed by atoms with van der Waals surface area (Å²) in [4.78, 5) is 23.2. The van der Waals surface area contributed by atoms with E-state index < -0.39 is 18.1 Å². The predicted octanol–water partition coefficient (Wildman–Crippen LogP) is 3.39. The molecule has 0 spiro atoms. The van der Waals surface area contributed by atoms with E-state index in [0.29, 0.717) is 0 Å². The number of carboxylic acids is 1. The molecular weight excluding hydrogens is 330 g/mol. The summed E-state index contributed by atoms with van der Waals surface area (Å²) < 4.78 is 5.34. The Labute approximate surface area is 152 Å². The van der Waals surface area contributed by atoms with E-state index in [2.05, 4.69) is 29.3 Å². The van der Waals surface area contributed by atoms with Gasteiger partial charge in [-0.05, 0) is 29.2 Å². The minimum Gasteiger partial charge on any atom is -0.480 e. The highest BCUT2D eigenvalue weighted by Gasteiger charge is 2.29. The maximum Gasteiger partial charge on any atom is 0.407 e. The third kappa shape index (κ3) is 3.55. The van der Waals surface area contributed by atoms with Crippen molar-refractivity contribution in [2.24, 2.45) is 0 Å². The Kier molecular flexibility index (Phi) is 5.23. The van der Waals surface area contributed by atoms with Crippen molar-refractivity contribution in [3.05, 3.63) is 59.7 Å². The lowest BCUT2D eigenvalue weighted by Crippen LogP contribution is -2.41. The lowest BCUT2D eigenvalue weighted by molar-refractivity contribution is -0.139. The van der Waals surface area contributed by atoms with Gasteiger partial charge in [0.15, 0.2) is 0 Å². The zero-order chi connectivity index (χ0) is 18.5. The van der Waals surface area contributed by atoms with E-state index in [1.807, 2.05) is 36.4 Å². The Hall–Kier alpha value is -3.26. The normalized spacial score (nSPS) is 13.0. The monoisotopic (exact) mass is 349 g/mol. The van der Waals surface area contributed by atoms with Gasteiger partial charge in [0.05, 0.1) is 0 Å². The van der Waals surface area contributed by atoms with E-state index in [1.54, 1.807) is 6.92 Å². The first-order valence-electron chi connectivity index (χ1n) is 8.35. The average Bonchev–Trinajstić information content (AvgIpc) is 2.97. The van der Waals surface area contributed by atoms with Gasteiger partial charge in [0.2, 0.25) is 0 Å². The summed E-state index contributed by atoms with van der Waals surface area (Å²) in [5.41, 5.74) is 4.48. The molecule has 1 unspecified atom stereocenters. The number of carbonyl (C=O) groups excluding carboxylic acids is 1. The molecule has 1 atom stereocenters. The molecule has 0 bridgehead atoms. The summed E-state index contributed by atoms with van der Waals surface area (Å²) in [6.45, 7) is 1.76. The van der Waals surface area contributed by atoms with Gasteiger partial charge in [-0.2, -0.15) is 0 Å².